The lowest BCUT2D eigenvalue weighted by Crippen LogP contribution is -2.27. The quantitative estimate of drug-likeness (QED) is 0.401. The van der Waals surface area contributed by atoms with E-state index in [1.54, 1.807) is 32.4 Å². The van der Waals surface area contributed by atoms with E-state index in [4.69, 9.17) is 21.1 Å². The van der Waals surface area contributed by atoms with Crippen LogP contribution in [-0.2, 0) is 22.6 Å². The molecule has 0 fully saturated rings. The first-order chi connectivity index (χ1) is 14.5. The van der Waals surface area contributed by atoms with Crippen LogP contribution in [0, 0.1) is 0 Å². The number of amides is 1. The van der Waals surface area contributed by atoms with Crippen LogP contribution >= 0.6 is 23.4 Å². The van der Waals surface area contributed by atoms with E-state index in [9.17, 15) is 9.59 Å². The average molecular weight is 448 g/mol. The molecule has 2 aromatic carbocycles. The predicted octanol–water partition coefficient (Wildman–Crippen LogP) is 3.11. The van der Waals surface area contributed by atoms with Gasteiger partial charge in [0.15, 0.2) is 5.16 Å². The number of nitrogens with zero attached hydrogens (tertiary/aromatic N) is 2. The summed E-state index contributed by atoms with van der Waals surface area (Å²) >= 11 is 7.24. The SMILES string of the molecule is COCCn1c(SCC(=O)NCc2ccccc2OC)nc2cc(Cl)ccc2c1=O. The number of benzene rings is 2. The lowest BCUT2D eigenvalue weighted by atomic mass is 10.2. The highest BCUT2D eigenvalue weighted by atomic mass is 35.5. The van der Waals surface area contributed by atoms with E-state index in [1.165, 1.54) is 16.3 Å². The molecule has 0 saturated heterocycles. The standard InChI is InChI=1S/C21H22ClN3O4S/c1-28-10-9-25-20(27)16-8-7-15(22)11-17(16)24-21(25)30-13-19(26)23-12-14-5-3-4-6-18(14)29-2/h3-8,11H,9-10,12-13H2,1-2H3,(H,23,26). The van der Waals surface area contributed by atoms with E-state index in [2.05, 4.69) is 10.3 Å². The third kappa shape index (κ3) is 5.33. The second-order valence-electron chi connectivity index (χ2n) is 6.38. The molecule has 0 unspecified atom stereocenters. The van der Waals surface area contributed by atoms with Crippen molar-refractivity contribution in [1.82, 2.24) is 14.9 Å². The van der Waals surface area contributed by atoms with E-state index in [0.717, 1.165) is 5.56 Å². The smallest absolute Gasteiger partial charge is 0.262 e. The highest BCUT2D eigenvalue weighted by molar-refractivity contribution is 7.99. The lowest BCUT2D eigenvalue weighted by molar-refractivity contribution is -0.118. The predicted molar refractivity (Wildman–Crippen MR) is 118 cm³/mol. The second-order valence-corrected chi connectivity index (χ2v) is 7.76. The highest BCUT2D eigenvalue weighted by Gasteiger charge is 2.14. The van der Waals surface area contributed by atoms with Crippen LogP contribution in [0.25, 0.3) is 10.9 Å². The number of para-hydroxylation sites is 1. The number of ether oxygens (including phenoxy) is 2. The highest BCUT2D eigenvalue weighted by Crippen LogP contribution is 2.21. The van der Waals surface area contributed by atoms with Gasteiger partial charge in [-0.3, -0.25) is 14.2 Å². The van der Waals surface area contributed by atoms with Crippen LogP contribution in [-0.4, -0.2) is 42.0 Å². The van der Waals surface area contributed by atoms with Gasteiger partial charge in [-0.25, -0.2) is 4.98 Å². The van der Waals surface area contributed by atoms with Gasteiger partial charge in [-0.2, -0.15) is 0 Å². The number of aromatic nitrogens is 2. The Bertz CT molecular complexity index is 1100. The molecular weight excluding hydrogens is 426 g/mol. The van der Waals surface area contributed by atoms with Gasteiger partial charge in [-0.15, -0.1) is 0 Å². The zero-order chi connectivity index (χ0) is 21.5. The third-order valence-corrected chi connectivity index (χ3v) is 5.61. The molecule has 9 heteroatoms. The molecule has 1 heterocycles. The fraction of sp³-hybridized carbons (Fsp3) is 0.286. The molecule has 1 N–H and O–H groups in total. The summed E-state index contributed by atoms with van der Waals surface area (Å²) in [7, 11) is 3.16. The van der Waals surface area contributed by atoms with Gasteiger partial charge in [-0.05, 0) is 24.3 Å². The molecule has 1 amide bonds. The topological polar surface area (TPSA) is 82.4 Å². The molecule has 0 aliphatic heterocycles. The first kappa shape index (κ1) is 22.1. The van der Waals surface area contributed by atoms with E-state index < -0.39 is 0 Å². The summed E-state index contributed by atoms with van der Waals surface area (Å²) in [4.78, 5) is 29.8. The van der Waals surface area contributed by atoms with Gasteiger partial charge in [0.2, 0.25) is 5.91 Å². The Balaban J connectivity index is 1.75. The molecule has 3 aromatic rings. The number of rotatable bonds is 9. The largest absolute Gasteiger partial charge is 0.496 e. The number of carbonyl (C=O) groups excluding carboxylic acids is 1. The van der Waals surface area contributed by atoms with Crippen LogP contribution in [0.1, 0.15) is 5.56 Å². The Kier molecular flexibility index (Phi) is 7.73. The molecule has 0 spiro atoms. The van der Waals surface area contributed by atoms with Crippen molar-refractivity contribution in [2.75, 3.05) is 26.6 Å². The number of hydrogen-bond acceptors (Lipinski definition) is 6. The van der Waals surface area contributed by atoms with Crippen molar-refractivity contribution in [3.8, 4) is 5.75 Å². The molecule has 0 saturated carbocycles. The summed E-state index contributed by atoms with van der Waals surface area (Å²) in [6.45, 7) is 1.04. The number of halogens is 1. The monoisotopic (exact) mass is 447 g/mol. The molecule has 158 valence electrons. The molecule has 7 nitrogen and oxygen atoms in total. The summed E-state index contributed by atoms with van der Waals surface area (Å²) in [5, 5.41) is 4.28. The number of methoxy groups -OCH3 is 2. The van der Waals surface area contributed by atoms with Crippen LogP contribution in [0.5, 0.6) is 5.75 Å². The molecule has 30 heavy (non-hydrogen) atoms. The normalized spacial score (nSPS) is 10.9. The van der Waals surface area contributed by atoms with Gasteiger partial charge < -0.3 is 14.8 Å². The summed E-state index contributed by atoms with van der Waals surface area (Å²) in [6.07, 6.45) is 0. The van der Waals surface area contributed by atoms with Gasteiger partial charge >= 0.3 is 0 Å². The van der Waals surface area contributed by atoms with E-state index >= 15 is 0 Å². The van der Waals surface area contributed by atoms with Crippen molar-refractivity contribution < 1.29 is 14.3 Å². The van der Waals surface area contributed by atoms with Crippen molar-refractivity contribution in [2.45, 2.75) is 18.2 Å². The molecule has 0 aliphatic carbocycles. The Hall–Kier alpha value is -2.55. The maximum atomic E-state index is 12.9. The number of nitrogens with one attached hydrogen (secondary N) is 1. The summed E-state index contributed by atoms with van der Waals surface area (Å²) in [5.41, 5.74) is 1.19. The third-order valence-electron chi connectivity index (χ3n) is 4.40. The summed E-state index contributed by atoms with van der Waals surface area (Å²) < 4.78 is 11.9. The minimum atomic E-state index is -0.189. The molecule has 0 bridgehead atoms. The van der Waals surface area contributed by atoms with Gasteiger partial charge in [-0.1, -0.05) is 41.6 Å². The van der Waals surface area contributed by atoms with Gasteiger partial charge in [0, 0.05) is 24.2 Å². The Morgan fingerprint density at radius 3 is 2.80 bits per heavy atom. The van der Waals surface area contributed by atoms with Crippen molar-refractivity contribution in [1.29, 1.82) is 0 Å². The fourth-order valence-corrected chi connectivity index (χ4v) is 3.91. The number of thioether (sulfide) groups is 1. The first-order valence-electron chi connectivity index (χ1n) is 9.24. The molecule has 0 aliphatic rings. The number of fused-ring (bicyclic) bond motifs is 1. The van der Waals surface area contributed by atoms with Crippen molar-refractivity contribution in [2.24, 2.45) is 0 Å². The summed E-state index contributed by atoms with van der Waals surface area (Å²) in [6, 6.07) is 12.5. The molecule has 0 radical (unpaired) electrons. The number of carbonyl (C=O) groups is 1. The van der Waals surface area contributed by atoms with Crippen molar-refractivity contribution >= 4 is 40.2 Å². The molecule has 1 aromatic heterocycles. The van der Waals surface area contributed by atoms with Crippen LogP contribution in [0.3, 0.4) is 0 Å². The molecule has 0 atom stereocenters. The van der Waals surface area contributed by atoms with Crippen LogP contribution < -0.4 is 15.6 Å². The maximum absolute atomic E-state index is 12.9. The minimum absolute atomic E-state index is 0.112. The minimum Gasteiger partial charge on any atom is -0.496 e. The first-order valence-corrected chi connectivity index (χ1v) is 10.6. The summed E-state index contributed by atoms with van der Waals surface area (Å²) in [5.74, 6) is 0.650. The van der Waals surface area contributed by atoms with Gasteiger partial charge in [0.05, 0.1) is 36.9 Å². The Morgan fingerprint density at radius 1 is 1.23 bits per heavy atom. The van der Waals surface area contributed by atoms with E-state index in [-0.39, 0.29) is 17.2 Å². The number of hydrogen-bond donors (Lipinski definition) is 1. The molecule has 3 rings (SSSR count). The second kappa shape index (κ2) is 10.5. The van der Waals surface area contributed by atoms with Crippen LogP contribution in [0.2, 0.25) is 5.02 Å². The maximum Gasteiger partial charge on any atom is 0.262 e. The van der Waals surface area contributed by atoms with Crippen molar-refractivity contribution in [3.05, 3.63) is 63.4 Å². The zero-order valence-corrected chi connectivity index (χ0v) is 18.3. The average Bonchev–Trinajstić information content (AvgIpc) is 2.75. The van der Waals surface area contributed by atoms with Crippen LogP contribution in [0.4, 0.5) is 0 Å². The molecular formula is C21H22ClN3O4S. The Labute approximate surface area is 183 Å². The van der Waals surface area contributed by atoms with Gasteiger partial charge in [0.25, 0.3) is 5.56 Å². The Morgan fingerprint density at radius 2 is 2.03 bits per heavy atom. The van der Waals surface area contributed by atoms with Crippen molar-refractivity contribution in [3.63, 3.8) is 0 Å². The zero-order valence-electron chi connectivity index (χ0n) is 16.7. The lowest BCUT2D eigenvalue weighted by Gasteiger charge is -2.13. The van der Waals surface area contributed by atoms with Gasteiger partial charge in [0.1, 0.15) is 5.75 Å². The van der Waals surface area contributed by atoms with E-state index in [1.807, 2.05) is 24.3 Å². The fourth-order valence-electron chi connectivity index (χ4n) is 2.89. The van der Waals surface area contributed by atoms with E-state index in [0.29, 0.717) is 46.5 Å². The van der Waals surface area contributed by atoms with Crippen LogP contribution in [0.15, 0.2) is 52.4 Å².